The standard InChI is InChI=1S/C18H19ClN6O2/c1-11(2)16-20-17(27-22-16)15-10-25(23-21-15)14-6-7-24(9-14)18(26)12-4-3-5-13(19)8-12/h3-5,8,10-11,14H,6-7,9H2,1-2H3. The third kappa shape index (κ3) is 3.57. The molecule has 1 atom stereocenters. The van der Waals surface area contributed by atoms with Gasteiger partial charge in [0.25, 0.3) is 11.8 Å². The van der Waals surface area contributed by atoms with E-state index in [4.69, 9.17) is 16.1 Å². The summed E-state index contributed by atoms with van der Waals surface area (Å²) in [6.07, 6.45) is 2.59. The zero-order chi connectivity index (χ0) is 19.0. The number of halogens is 1. The molecule has 1 fully saturated rings. The molecule has 0 spiro atoms. The first-order valence-corrected chi connectivity index (χ1v) is 9.19. The molecule has 1 aliphatic rings. The van der Waals surface area contributed by atoms with Crippen molar-refractivity contribution in [2.24, 2.45) is 0 Å². The van der Waals surface area contributed by atoms with Crippen LogP contribution in [0.15, 0.2) is 35.0 Å². The Labute approximate surface area is 161 Å². The van der Waals surface area contributed by atoms with E-state index in [0.717, 1.165) is 6.42 Å². The fourth-order valence-electron chi connectivity index (χ4n) is 3.07. The Morgan fingerprint density at radius 2 is 2.22 bits per heavy atom. The van der Waals surface area contributed by atoms with E-state index in [1.54, 1.807) is 40.0 Å². The second-order valence-corrected chi connectivity index (χ2v) is 7.34. The normalized spacial score (nSPS) is 17.0. The third-order valence-electron chi connectivity index (χ3n) is 4.58. The van der Waals surface area contributed by atoms with Gasteiger partial charge in [-0.15, -0.1) is 5.10 Å². The van der Waals surface area contributed by atoms with Crippen molar-refractivity contribution in [1.82, 2.24) is 30.0 Å². The van der Waals surface area contributed by atoms with Crippen LogP contribution < -0.4 is 0 Å². The predicted octanol–water partition coefficient (Wildman–Crippen LogP) is 3.19. The topological polar surface area (TPSA) is 89.9 Å². The second kappa shape index (κ2) is 7.11. The van der Waals surface area contributed by atoms with Crippen molar-refractivity contribution < 1.29 is 9.32 Å². The van der Waals surface area contributed by atoms with Crippen molar-refractivity contribution in [3.05, 3.63) is 46.9 Å². The molecule has 1 unspecified atom stereocenters. The fraction of sp³-hybridized carbons (Fsp3) is 0.389. The van der Waals surface area contributed by atoms with Gasteiger partial charge in [0.15, 0.2) is 11.5 Å². The molecule has 1 aromatic carbocycles. The SMILES string of the molecule is CC(C)c1noc(-c2cn(C3CCN(C(=O)c4cccc(Cl)c4)C3)nn2)n1. The van der Waals surface area contributed by atoms with E-state index < -0.39 is 0 Å². The van der Waals surface area contributed by atoms with Gasteiger partial charge in [0, 0.05) is 29.6 Å². The highest BCUT2D eigenvalue weighted by Gasteiger charge is 2.29. The van der Waals surface area contributed by atoms with Gasteiger partial charge >= 0.3 is 0 Å². The van der Waals surface area contributed by atoms with Crippen molar-refractivity contribution in [3.63, 3.8) is 0 Å². The number of aromatic nitrogens is 5. The maximum Gasteiger partial charge on any atom is 0.280 e. The number of hydrogen-bond acceptors (Lipinski definition) is 6. The summed E-state index contributed by atoms with van der Waals surface area (Å²) < 4.78 is 7.03. The Hall–Kier alpha value is -2.74. The summed E-state index contributed by atoms with van der Waals surface area (Å²) in [7, 11) is 0. The Bertz CT molecular complexity index is 966. The number of amides is 1. The number of hydrogen-bond donors (Lipinski definition) is 0. The molecule has 1 saturated heterocycles. The van der Waals surface area contributed by atoms with Crippen LogP contribution in [0.1, 0.15) is 48.4 Å². The summed E-state index contributed by atoms with van der Waals surface area (Å²) in [6, 6.07) is 7.05. The zero-order valence-corrected chi connectivity index (χ0v) is 15.8. The monoisotopic (exact) mass is 386 g/mol. The van der Waals surface area contributed by atoms with Gasteiger partial charge in [-0.05, 0) is 24.6 Å². The molecule has 0 bridgehead atoms. The van der Waals surface area contributed by atoms with E-state index in [-0.39, 0.29) is 17.9 Å². The van der Waals surface area contributed by atoms with E-state index in [9.17, 15) is 4.79 Å². The first kappa shape index (κ1) is 17.7. The minimum absolute atomic E-state index is 0.0289. The highest BCUT2D eigenvalue weighted by Crippen LogP contribution is 2.25. The lowest BCUT2D eigenvalue weighted by Crippen LogP contribution is -2.29. The van der Waals surface area contributed by atoms with Gasteiger partial charge in [0.1, 0.15) is 0 Å². The summed E-state index contributed by atoms with van der Waals surface area (Å²) in [6.45, 7) is 5.21. The van der Waals surface area contributed by atoms with Gasteiger partial charge in [0.2, 0.25) is 0 Å². The molecule has 8 nitrogen and oxygen atoms in total. The van der Waals surface area contributed by atoms with Gasteiger partial charge in [0.05, 0.1) is 12.2 Å². The van der Waals surface area contributed by atoms with Gasteiger partial charge in [-0.25, -0.2) is 4.68 Å². The Morgan fingerprint density at radius 3 is 2.96 bits per heavy atom. The Morgan fingerprint density at radius 1 is 1.37 bits per heavy atom. The summed E-state index contributed by atoms with van der Waals surface area (Å²) in [5.41, 5.74) is 1.13. The van der Waals surface area contributed by atoms with E-state index in [1.807, 2.05) is 13.8 Å². The highest BCUT2D eigenvalue weighted by molar-refractivity contribution is 6.30. The smallest absolute Gasteiger partial charge is 0.280 e. The third-order valence-corrected chi connectivity index (χ3v) is 4.82. The number of carbonyl (C=O) groups is 1. The summed E-state index contributed by atoms with van der Waals surface area (Å²) in [4.78, 5) is 18.8. The summed E-state index contributed by atoms with van der Waals surface area (Å²) >= 11 is 5.99. The lowest BCUT2D eigenvalue weighted by Gasteiger charge is -2.16. The van der Waals surface area contributed by atoms with Crippen LogP contribution in [0, 0.1) is 0 Å². The molecule has 9 heteroatoms. The first-order valence-electron chi connectivity index (χ1n) is 8.82. The molecule has 3 heterocycles. The van der Waals surface area contributed by atoms with Gasteiger partial charge < -0.3 is 9.42 Å². The number of benzene rings is 1. The van der Waals surface area contributed by atoms with Gasteiger partial charge in [-0.2, -0.15) is 4.98 Å². The quantitative estimate of drug-likeness (QED) is 0.684. The molecule has 0 N–H and O–H groups in total. The molecule has 140 valence electrons. The highest BCUT2D eigenvalue weighted by atomic mass is 35.5. The maximum absolute atomic E-state index is 12.7. The van der Waals surface area contributed by atoms with Crippen LogP contribution in [0.5, 0.6) is 0 Å². The molecule has 0 aliphatic carbocycles. The minimum Gasteiger partial charge on any atom is -0.336 e. The molecule has 3 aromatic rings. The predicted molar refractivity (Wildman–Crippen MR) is 98.4 cm³/mol. The summed E-state index contributed by atoms with van der Waals surface area (Å²) in [5, 5.41) is 12.8. The lowest BCUT2D eigenvalue weighted by atomic mass is 10.2. The zero-order valence-electron chi connectivity index (χ0n) is 15.0. The van der Waals surface area contributed by atoms with E-state index in [2.05, 4.69) is 20.5 Å². The average Bonchev–Trinajstić information content (AvgIpc) is 3.39. The van der Waals surface area contributed by atoms with Crippen molar-refractivity contribution in [2.45, 2.75) is 32.2 Å². The Kier molecular flexibility index (Phi) is 4.65. The van der Waals surface area contributed by atoms with Crippen LogP contribution in [0.2, 0.25) is 5.02 Å². The molecule has 2 aromatic heterocycles. The van der Waals surface area contributed by atoms with Crippen LogP contribution in [0.25, 0.3) is 11.6 Å². The number of carbonyl (C=O) groups excluding carboxylic acids is 1. The van der Waals surface area contributed by atoms with E-state index in [0.29, 0.717) is 41.1 Å². The number of rotatable bonds is 4. The molecule has 27 heavy (non-hydrogen) atoms. The minimum atomic E-state index is -0.0289. The number of likely N-dealkylation sites (tertiary alicyclic amines) is 1. The van der Waals surface area contributed by atoms with Crippen LogP contribution in [-0.4, -0.2) is 49.0 Å². The van der Waals surface area contributed by atoms with Crippen molar-refractivity contribution in [1.29, 1.82) is 0 Å². The molecule has 1 amide bonds. The van der Waals surface area contributed by atoms with Crippen LogP contribution >= 0.6 is 11.6 Å². The van der Waals surface area contributed by atoms with E-state index in [1.165, 1.54) is 0 Å². The molecular weight excluding hydrogens is 368 g/mol. The van der Waals surface area contributed by atoms with Crippen LogP contribution in [0.3, 0.4) is 0 Å². The molecule has 0 radical (unpaired) electrons. The Balaban J connectivity index is 1.46. The molecule has 1 aliphatic heterocycles. The number of nitrogens with zero attached hydrogens (tertiary/aromatic N) is 6. The van der Waals surface area contributed by atoms with Crippen molar-refractivity contribution in [3.8, 4) is 11.6 Å². The maximum atomic E-state index is 12.7. The molecule has 4 rings (SSSR count). The lowest BCUT2D eigenvalue weighted by molar-refractivity contribution is 0.0787. The van der Waals surface area contributed by atoms with Crippen LogP contribution in [0.4, 0.5) is 0 Å². The summed E-state index contributed by atoms with van der Waals surface area (Å²) in [5.74, 6) is 1.14. The van der Waals surface area contributed by atoms with Crippen molar-refractivity contribution >= 4 is 17.5 Å². The fourth-order valence-corrected chi connectivity index (χ4v) is 3.26. The largest absolute Gasteiger partial charge is 0.336 e. The second-order valence-electron chi connectivity index (χ2n) is 6.90. The average molecular weight is 387 g/mol. The first-order chi connectivity index (χ1) is 13.0. The van der Waals surface area contributed by atoms with Crippen LogP contribution in [-0.2, 0) is 0 Å². The molecular formula is C18H19ClN6O2. The van der Waals surface area contributed by atoms with Gasteiger partial charge in [-0.3, -0.25) is 4.79 Å². The van der Waals surface area contributed by atoms with Crippen molar-refractivity contribution in [2.75, 3.05) is 13.1 Å². The molecule has 0 saturated carbocycles. The van der Waals surface area contributed by atoms with Gasteiger partial charge in [-0.1, -0.05) is 41.9 Å². The van der Waals surface area contributed by atoms with E-state index >= 15 is 0 Å².